The third-order valence-electron chi connectivity index (χ3n) is 3.82. The largest absolute Gasteiger partial charge is 0.360 e. The van der Waals surface area contributed by atoms with Gasteiger partial charge in [0, 0.05) is 24.4 Å². The lowest BCUT2D eigenvalue weighted by molar-refractivity contribution is 0.101. The molecule has 116 valence electrons. The van der Waals surface area contributed by atoms with E-state index >= 15 is 0 Å². The molecule has 0 aliphatic heterocycles. The van der Waals surface area contributed by atoms with Gasteiger partial charge in [0.25, 0.3) is 5.91 Å². The van der Waals surface area contributed by atoms with Gasteiger partial charge in [-0.05, 0) is 31.9 Å². The van der Waals surface area contributed by atoms with Crippen LogP contribution in [-0.4, -0.2) is 25.6 Å². The Balaban J connectivity index is 1.47. The van der Waals surface area contributed by atoms with Gasteiger partial charge in [-0.25, -0.2) is 9.97 Å². The lowest BCUT2D eigenvalue weighted by Gasteiger charge is -2.06. The first-order valence-corrected chi connectivity index (χ1v) is 7.45. The number of aromatic nitrogens is 4. The zero-order chi connectivity index (χ0) is 15.8. The average Bonchev–Trinajstić information content (AvgIpc) is 3.12. The van der Waals surface area contributed by atoms with Crippen molar-refractivity contribution in [1.82, 2.24) is 19.7 Å². The van der Waals surface area contributed by atoms with Gasteiger partial charge >= 0.3 is 0 Å². The smallest absolute Gasteiger partial charge is 0.277 e. The Morgan fingerprint density at radius 3 is 2.87 bits per heavy atom. The molecule has 0 atom stereocenters. The minimum absolute atomic E-state index is 0.293. The lowest BCUT2D eigenvalue weighted by atomic mass is 10.2. The summed E-state index contributed by atoms with van der Waals surface area (Å²) >= 11 is 0. The molecule has 7 heteroatoms. The number of imidazole rings is 1. The second kappa shape index (κ2) is 5.35. The monoisotopic (exact) mass is 309 g/mol. The van der Waals surface area contributed by atoms with Gasteiger partial charge in [0.15, 0.2) is 5.69 Å². The molecule has 3 aromatic rings. The van der Waals surface area contributed by atoms with E-state index in [2.05, 4.69) is 20.4 Å². The summed E-state index contributed by atoms with van der Waals surface area (Å²) in [5.41, 5.74) is 0.897. The minimum atomic E-state index is -0.297. The molecule has 7 nitrogen and oxygen atoms in total. The number of amides is 1. The number of hydrogen-bond donors (Lipinski definition) is 1. The van der Waals surface area contributed by atoms with Gasteiger partial charge in [0.2, 0.25) is 0 Å². The quantitative estimate of drug-likeness (QED) is 0.800. The highest BCUT2D eigenvalue weighted by molar-refractivity contribution is 6.02. The first kappa shape index (κ1) is 13.7. The SMILES string of the molecule is Cc1nccn1-c1ccc(NC(=O)c2cc(C3CC3)on2)cn1. The highest BCUT2D eigenvalue weighted by Crippen LogP contribution is 2.40. The second-order valence-corrected chi connectivity index (χ2v) is 5.59. The van der Waals surface area contributed by atoms with Crippen LogP contribution in [0.5, 0.6) is 0 Å². The van der Waals surface area contributed by atoms with E-state index in [4.69, 9.17) is 4.52 Å². The Labute approximate surface area is 132 Å². The maximum Gasteiger partial charge on any atom is 0.277 e. The number of anilines is 1. The van der Waals surface area contributed by atoms with Gasteiger partial charge in [-0.15, -0.1) is 0 Å². The minimum Gasteiger partial charge on any atom is -0.360 e. The molecule has 0 aromatic carbocycles. The maximum absolute atomic E-state index is 12.2. The number of carbonyl (C=O) groups is 1. The third-order valence-corrected chi connectivity index (χ3v) is 3.82. The van der Waals surface area contributed by atoms with Crippen LogP contribution in [0.4, 0.5) is 5.69 Å². The van der Waals surface area contributed by atoms with Crippen LogP contribution in [0.1, 0.15) is 40.8 Å². The van der Waals surface area contributed by atoms with Gasteiger partial charge in [-0.2, -0.15) is 0 Å². The summed E-state index contributed by atoms with van der Waals surface area (Å²) < 4.78 is 7.06. The molecule has 1 aliphatic carbocycles. The van der Waals surface area contributed by atoms with Crippen molar-refractivity contribution in [2.75, 3.05) is 5.32 Å². The molecule has 1 amide bonds. The molecule has 0 saturated heterocycles. The molecule has 1 saturated carbocycles. The van der Waals surface area contributed by atoms with Crippen LogP contribution < -0.4 is 5.32 Å². The Morgan fingerprint density at radius 2 is 2.22 bits per heavy atom. The van der Waals surface area contributed by atoms with E-state index in [0.717, 1.165) is 30.2 Å². The van der Waals surface area contributed by atoms with Crippen molar-refractivity contribution in [3.8, 4) is 5.82 Å². The highest BCUT2D eigenvalue weighted by atomic mass is 16.5. The van der Waals surface area contributed by atoms with Crippen molar-refractivity contribution in [2.24, 2.45) is 0 Å². The van der Waals surface area contributed by atoms with Crippen LogP contribution in [-0.2, 0) is 0 Å². The molecule has 1 fully saturated rings. The second-order valence-electron chi connectivity index (χ2n) is 5.59. The number of carbonyl (C=O) groups excluding carboxylic acids is 1. The molecular formula is C16H15N5O2. The fourth-order valence-corrected chi connectivity index (χ4v) is 2.37. The molecule has 0 bridgehead atoms. The summed E-state index contributed by atoms with van der Waals surface area (Å²) in [5, 5.41) is 6.59. The number of hydrogen-bond acceptors (Lipinski definition) is 5. The molecule has 0 radical (unpaired) electrons. The van der Waals surface area contributed by atoms with Gasteiger partial charge in [0.05, 0.1) is 11.9 Å². The zero-order valence-corrected chi connectivity index (χ0v) is 12.6. The van der Waals surface area contributed by atoms with E-state index in [9.17, 15) is 4.79 Å². The summed E-state index contributed by atoms with van der Waals surface area (Å²) in [6.07, 6.45) is 7.37. The van der Waals surface area contributed by atoms with Gasteiger partial charge < -0.3 is 9.84 Å². The van der Waals surface area contributed by atoms with Gasteiger partial charge in [-0.1, -0.05) is 5.16 Å². The first-order valence-electron chi connectivity index (χ1n) is 7.45. The molecule has 1 aliphatic rings. The third kappa shape index (κ3) is 2.73. The van der Waals surface area contributed by atoms with Crippen LogP contribution in [0, 0.1) is 6.92 Å². The summed E-state index contributed by atoms with van der Waals surface area (Å²) in [4.78, 5) is 20.7. The van der Waals surface area contributed by atoms with Gasteiger partial charge in [0.1, 0.15) is 17.4 Å². The Kier molecular flexibility index (Phi) is 3.18. The first-order chi connectivity index (χ1) is 11.2. The van der Waals surface area contributed by atoms with E-state index in [1.54, 1.807) is 24.5 Å². The molecule has 3 aromatic heterocycles. The number of rotatable bonds is 4. The molecule has 3 heterocycles. The standard InChI is InChI=1S/C16H15N5O2/c1-10-17-6-7-21(10)15-5-4-12(9-18-15)19-16(22)13-8-14(23-20-13)11-2-3-11/h4-9,11H,2-3H2,1H3,(H,19,22). The van der Waals surface area contributed by atoms with E-state index < -0.39 is 0 Å². The average molecular weight is 309 g/mol. The van der Waals surface area contributed by atoms with Crippen molar-refractivity contribution in [1.29, 1.82) is 0 Å². The number of aryl methyl sites for hydroxylation is 1. The summed E-state index contributed by atoms with van der Waals surface area (Å²) in [6.45, 7) is 1.90. The molecule has 23 heavy (non-hydrogen) atoms. The predicted octanol–water partition coefficient (Wildman–Crippen LogP) is 2.69. The maximum atomic E-state index is 12.2. The van der Waals surface area contributed by atoms with Crippen molar-refractivity contribution in [3.05, 3.63) is 54.1 Å². The highest BCUT2D eigenvalue weighted by Gasteiger charge is 2.28. The van der Waals surface area contributed by atoms with Crippen molar-refractivity contribution < 1.29 is 9.32 Å². The van der Waals surface area contributed by atoms with E-state index in [-0.39, 0.29) is 5.91 Å². The van der Waals surface area contributed by atoms with E-state index in [1.807, 2.05) is 23.8 Å². The summed E-state index contributed by atoms with van der Waals surface area (Å²) in [6, 6.07) is 5.33. The van der Waals surface area contributed by atoms with E-state index in [1.165, 1.54) is 0 Å². The zero-order valence-electron chi connectivity index (χ0n) is 12.6. The van der Waals surface area contributed by atoms with Crippen LogP contribution in [0.15, 0.2) is 41.3 Å². The lowest BCUT2D eigenvalue weighted by Crippen LogP contribution is -2.12. The van der Waals surface area contributed by atoms with Crippen LogP contribution in [0.2, 0.25) is 0 Å². The normalized spacial score (nSPS) is 14.0. The molecule has 0 unspecified atom stereocenters. The van der Waals surface area contributed by atoms with Crippen molar-refractivity contribution >= 4 is 11.6 Å². The van der Waals surface area contributed by atoms with Crippen LogP contribution >= 0.6 is 0 Å². The number of pyridine rings is 1. The molecule has 0 spiro atoms. The summed E-state index contributed by atoms with van der Waals surface area (Å²) in [5.74, 6) is 2.52. The van der Waals surface area contributed by atoms with E-state index in [0.29, 0.717) is 17.3 Å². The Bertz CT molecular complexity index is 845. The fraction of sp³-hybridized carbons (Fsp3) is 0.250. The number of nitrogens with one attached hydrogen (secondary N) is 1. The topological polar surface area (TPSA) is 85.8 Å². The Morgan fingerprint density at radius 1 is 1.35 bits per heavy atom. The Hall–Kier alpha value is -2.96. The summed E-state index contributed by atoms with van der Waals surface area (Å²) in [7, 11) is 0. The molecular weight excluding hydrogens is 294 g/mol. The molecule has 4 rings (SSSR count). The number of nitrogens with zero attached hydrogens (tertiary/aromatic N) is 4. The van der Waals surface area contributed by atoms with Gasteiger partial charge in [-0.3, -0.25) is 9.36 Å². The van der Waals surface area contributed by atoms with Crippen LogP contribution in [0.25, 0.3) is 5.82 Å². The van der Waals surface area contributed by atoms with Crippen molar-refractivity contribution in [2.45, 2.75) is 25.7 Å². The fourth-order valence-electron chi connectivity index (χ4n) is 2.37. The van der Waals surface area contributed by atoms with Crippen LogP contribution in [0.3, 0.4) is 0 Å². The molecule has 1 N–H and O–H groups in total. The van der Waals surface area contributed by atoms with Crippen molar-refractivity contribution in [3.63, 3.8) is 0 Å². The predicted molar refractivity (Wildman–Crippen MR) is 82.5 cm³/mol.